The van der Waals surface area contributed by atoms with Crippen LogP contribution in [-0.2, 0) is 11.8 Å². The zero-order chi connectivity index (χ0) is 20.9. The van der Waals surface area contributed by atoms with E-state index in [0.717, 1.165) is 50.8 Å². The number of halogens is 2. The molecule has 0 heterocycles. The number of nitriles is 1. The minimum atomic E-state index is -0.457. The zero-order valence-corrected chi connectivity index (χ0v) is 18.9. The molecule has 0 saturated heterocycles. The minimum absolute atomic E-state index is 0.427. The molecule has 4 heteroatoms. The van der Waals surface area contributed by atoms with Crippen LogP contribution in [0, 0.1) is 17.2 Å². The fourth-order valence-electron chi connectivity index (χ4n) is 4.37. The van der Waals surface area contributed by atoms with Gasteiger partial charge in [0.05, 0.1) is 21.5 Å². The van der Waals surface area contributed by atoms with Gasteiger partial charge >= 0.3 is 0 Å². The monoisotopic (exact) mass is 428 g/mol. The molecule has 1 fully saturated rings. The molecule has 2 aromatic carbocycles. The Kier molecular flexibility index (Phi) is 7.63. The first-order valence-corrected chi connectivity index (χ1v) is 11.4. The molecule has 2 unspecified atom stereocenters. The highest BCUT2D eigenvalue weighted by Crippen LogP contribution is 2.50. The van der Waals surface area contributed by atoms with E-state index >= 15 is 0 Å². The molecule has 0 N–H and O–H groups in total. The van der Waals surface area contributed by atoms with E-state index in [1.165, 1.54) is 5.56 Å². The minimum Gasteiger partial charge on any atom is -0.301 e. The van der Waals surface area contributed by atoms with Crippen LogP contribution in [0.4, 0.5) is 0 Å². The highest BCUT2D eigenvalue weighted by molar-refractivity contribution is 6.42. The van der Waals surface area contributed by atoms with Crippen LogP contribution in [0.2, 0.25) is 10.0 Å². The molecule has 0 bridgehead atoms. The number of nitrogens with zero attached hydrogens (tertiary/aromatic N) is 2. The summed E-state index contributed by atoms with van der Waals surface area (Å²) < 4.78 is 0. The molecule has 29 heavy (non-hydrogen) atoms. The first kappa shape index (κ1) is 22.2. The maximum atomic E-state index is 10.2. The van der Waals surface area contributed by atoms with Gasteiger partial charge in [0.25, 0.3) is 0 Å². The van der Waals surface area contributed by atoms with Gasteiger partial charge in [0.15, 0.2) is 0 Å². The van der Waals surface area contributed by atoms with Crippen molar-refractivity contribution in [3.05, 3.63) is 69.7 Å². The van der Waals surface area contributed by atoms with Crippen molar-refractivity contribution in [3.63, 3.8) is 0 Å². The molecule has 1 aliphatic carbocycles. The Bertz CT molecular complexity index is 842. The lowest BCUT2D eigenvalue weighted by atomic mass is 9.73. The van der Waals surface area contributed by atoms with E-state index in [0.29, 0.717) is 22.0 Å². The molecule has 3 rings (SSSR count). The lowest BCUT2D eigenvalue weighted by Crippen LogP contribution is -2.37. The molecule has 2 atom stereocenters. The van der Waals surface area contributed by atoms with Crippen molar-refractivity contribution in [1.29, 1.82) is 5.26 Å². The van der Waals surface area contributed by atoms with E-state index in [-0.39, 0.29) is 0 Å². The number of benzene rings is 2. The quantitative estimate of drug-likeness (QED) is 0.411. The van der Waals surface area contributed by atoms with Crippen molar-refractivity contribution in [2.45, 2.75) is 57.4 Å². The summed E-state index contributed by atoms with van der Waals surface area (Å²) in [6, 6.07) is 19.5. The van der Waals surface area contributed by atoms with Crippen molar-refractivity contribution in [1.82, 2.24) is 4.90 Å². The predicted molar refractivity (Wildman–Crippen MR) is 123 cm³/mol. The van der Waals surface area contributed by atoms with E-state index in [9.17, 15) is 5.26 Å². The van der Waals surface area contributed by atoms with E-state index in [1.807, 2.05) is 18.2 Å². The van der Waals surface area contributed by atoms with Gasteiger partial charge in [-0.2, -0.15) is 5.26 Å². The van der Waals surface area contributed by atoms with Crippen LogP contribution in [0.15, 0.2) is 48.5 Å². The highest BCUT2D eigenvalue weighted by atomic mass is 35.5. The Balaban J connectivity index is 1.68. The Morgan fingerprint density at radius 2 is 1.86 bits per heavy atom. The maximum Gasteiger partial charge on any atom is 0.0851 e. The highest BCUT2D eigenvalue weighted by Gasteiger charge is 2.47. The third-order valence-corrected chi connectivity index (χ3v) is 7.16. The summed E-state index contributed by atoms with van der Waals surface area (Å²) in [4.78, 5) is 2.52. The number of likely N-dealkylation sites (N-methyl/N-ethyl adjacent to an activating group) is 1. The van der Waals surface area contributed by atoms with Gasteiger partial charge < -0.3 is 4.90 Å². The summed E-state index contributed by atoms with van der Waals surface area (Å²) >= 11 is 12.4. The molecule has 0 amide bonds. The lowest BCUT2D eigenvalue weighted by Gasteiger charge is -2.33. The summed E-state index contributed by atoms with van der Waals surface area (Å²) in [5, 5.41) is 11.3. The van der Waals surface area contributed by atoms with Crippen LogP contribution in [0.25, 0.3) is 0 Å². The first-order valence-electron chi connectivity index (χ1n) is 10.6. The predicted octanol–water partition coefficient (Wildman–Crippen LogP) is 6.90. The number of hydrogen-bond acceptors (Lipinski definition) is 2. The smallest absolute Gasteiger partial charge is 0.0851 e. The summed E-state index contributed by atoms with van der Waals surface area (Å²) in [7, 11) is 0. The molecule has 0 radical (unpaired) electrons. The van der Waals surface area contributed by atoms with Crippen LogP contribution in [0.5, 0.6) is 0 Å². The van der Waals surface area contributed by atoms with E-state index < -0.39 is 5.41 Å². The maximum absolute atomic E-state index is 10.2. The molecule has 2 aromatic rings. The van der Waals surface area contributed by atoms with E-state index in [4.69, 9.17) is 23.2 Å². The largest absolute Gasteiger partial charge is 0.301 e. The average Bonchev–Trinajstić information content (AvgIpc) is 3.58. The van der Waals surface area contributed by atoms with E-state index in [1.54, 1.807) is 0 Å². The normalized spacial score (nSPS) is 17.0. The molecular weight excluding hydrogens is 399 g/mol. The van der Waals surface area contributed by atoms with Crippen molar-refractivity contribution in [2.24, 2.45) is 5.92 Å². The molecule has 1 saturated carbocycles. The van der Waals surface area contributed by atoms with Crippen LogP contribution < -0.4 is 0 Å². The Morgan fingerprint density at radius 1 is 1.14 bits per heavy atom. The first-order chi connectivity index (χ1) is 14.0. The van der Waals surface area contributed by atoms with Crippen molar-refractivity contribution < 1.29 is 0 Å². The van der Waals surface area contributed by atoms with Crippen molar-refractivity contribution >= 4 is 23.2 Å². The fourth-order valence-corrected chi connectivity index (χ4v) is 4.67. The summed E-state index contributed by atoms with van der Waals surface area (Å²) in [5.41, 5.74) is 1.94. The molecular formula is C25H30Cl2N2. The second-order valence-electron chi connectivity index (χ2n) is 8.24. The third kappa shape index (κ3) is 5.34. The fraction of sp³-hybridized carbons (Fsp3) is 0.480. The van der Waals surface area contributed by atoms with Gasteiger partial charge in [-0.25, -0.2) is 0 Å². The summed E-state index contributed by atoms with van der Waals surface area (Å²) in [5.74, 6) is 0.427. The lowest BCUT2D eigenvalue weighted by molar-refractivity contribution is 0.199. The van der Waals surface area contributed by atoms with Gasteiger partial charge in [-0.15, -0.1) is 0 Å². The second-order valence-corrected chi connectivity index (χ2v) is 9.05. The van der Waals surface area contributed by atoms with Gasteiger partial charge in [-0.3, -0.25) is 0 Å². The van der Waals surface area contributed by atoms with Crippen LogP contribution in [0.1, 0.15) is 50.7 Å². The molecule has 1 aliphatic rings. The van der Waals surface area contributed by atoms with Gasteiger partial charge in [-0.05, 0) is 74.8 Å². The zero-order valence-electron chi connectivity index (χ0n) is 17.4. The van der Waals surface area contributed by atoms with Crippen LogP contribution >= 0.6 is 23.2 Å². The van der Waals surface area contributed by atoms with Gasteiger partial charge in [0, 0.05) is 12.6 Å². The average molecular weight is 429 g/mol. The summed E-state index contributed by atoms with van der Waals surface area (Å²) in [6.07, 6.45) is 5.14. The molecule has 0 spiro atoms. The summed E-state index contributed by atoms with van der Waals surface area (Å²) in [6.45, 7) is 6.57. The van der Waals surface area contributed by atoms with Gasteiger partial charge in [-0.1, -0.05) is 66.5 Å². The molecule has 0 aliphatic heterocycles. The molecule has 0 aromatic heterocycles. The Hall–Kier alpha value is -1.53. The Morgan fingerprint density at radius 3 is 2.45 bits per heavy atom. The number of rotatable bonds is 10. The van der Waals surface area contributed by atoms with E-state index in [2.05, 4.69) is 55.1 Å². The van der Waals surface area contributed by atoms with Gasteiger partial charge in [0.1, 0.15) is 0 Å². The molecule has 154 valence electrons. The van der Waals surface area contributed by atoms with Crippen LogP contribution in [-0.4, -0.2) is 24.0 Å². The third-order valence-electron chi connectivity index (χ3n) is 6.43. The molecule has 2 nitrogen and oxygen atoms in total. The van der Waals surface area contributed by atoms with Crippen LogP contribution in [0.3, 0.4) is 0 Å². The SMILES string of the molecule is CCN(CCc1ccccc1)C(C)CCC(C#N)(c1ccc(Cl)c(Cl)c1)C1CC1. The number of hydrogen-bond donors (Lipinski definition) is 0. The second kappa shape index (κ2) is 9.98. The van der Waals surface area contributed by atoms with Crippen molar-refractivity contribution in [2.75, 3.05) is 13.1 Å². The van der Waals surface area contributed by atoms with Gasteiger partial charge in [0.2, 0.25) is 0 Å². The topological polar surface area (TPSA) is 27.0 Å². The Labute approximate surface area is 185 Å². The standard InChI is InChI=1S/C25H30Cl2N2/c1-3-29(16-14-20-7-5-4-6-8-20)19(2)13-15-25(18-28,21-9-10-21)22-11-12-23(26)24(27)17-22/h4-8,11-12,17,19,21H,3,9-10,13-16H2,1-2H3. The van der Waals surface area contributed by atoms with Crippen molar-refractivity contribution in [3.8, 4) is 6.07 Å².